The van der Waals surface area contributed by atoms with E-state index in [0.717, 1.165) is 37.9 Å². The maximum atomic E-state index is 13.4. The van der Waals surface area contributed by atoms with E-state index in [1.165, 1.54) is 0 Å². The summed E-state index contributed by atoms with van der Waals surface area (Å²) in [5, 5.41) is 7.55. The first-order valence-electron chi connectivity index (χ1n) is 8.99. The van der Waals surface area contributed by atoms with E-state index in [2.05, 4.69) is 16.8 Å². The van der Waals surface area contributed by atoms with Crippen molar-refractivity contribution in [1.82, 2.24) is 14.8 Å². The fourth-order valence-electron chi connectivity index (χ4n) is 4.19. The Labute approximate surface area is 157 Å². The lowest BCUT2D eigenvalue weighted by molar-refractivity contribution is 0.0682. The Morgan fingerprint density at radius 1 is 1.42 bits per heavy atom. The van der Waals surface area contributed by atoms with Gasteiger partial charge in [-0.05, 0) is 66.2 Å². The maximum absolute atomic E-state index is 13.4. The molecule has 2 aromatic rings. The van der Waals surface area contributed by atoms with Crippen molar-refractivity contribution in [2.45, 2.75) is 31.8 Å². The highest BCUT2D eigenvalue weighted by Gasteiger charge is 2.57. The van der Waals surface area contributed by atoms with E-state index in [4.69, 9.17) is 5.73 Å². The van der Waals surface area contributed by atoms with Crippen LogP contribution in [0.5, 0.6) is 0 Å². The second kappa shape index (κ2) is 6.55. The molecular weight excluding hydrogens is 348 g/mol. The molecule has 1 saturated heterocycles. The third kappa shape index (κ3) is 3.05. The van der Waals surface area contributed by atoms with Crippen LogP contribution in [0.4, 0.5) is 0 Å². The molecule has 6 nitrogen and oxygen atoms in total. The van der Waals surface area contributed by atoms with E-state index >= 15 is 0 Å². The number of aromatic nitrogens is 1. The van der Waals surface area contributed by atoms with Crippen molar-refractivity contribution in [3.63, 3.8) is 0 Å². The molecule has 0 bridgehead atoms. The Bertz CT molecular complexity index is 821. The van der Waals surface area contributed by atoms with Crippen molar-refractivity contribution < 1.29 is 9.59 Å². The second-order valence-corrected chi connectivity index (χ2v) is 8.27. The molecule has 138 valence electrons. The van der Waals surface area contributed by atoms with Gasteiger partial charge in [-0.2, -0.15) is 11.3 Å². The van der Waals surface area contributed by atoms with Gasteiger partial charge in [0.05, 0.1) is 5.56 Å². The zero-order valence-electron chi connectivity index (χ0n) is 14.9. The third-order valence-electron chi connectivity index (χ3n) is 5.82. The minimum absolute atomic E-state index is 0.0217. The Morgan fingerprint density at radius 2 is 2.19 bits per heavy atom. The van der Waals surface area contributed by atoms with Gasteiger partial charge in [0.2, 0.25) is 5.91 Å². The van der Waals surface area contributed by atoms with Crippen LogP contribution in [0.1, 0.15) is 45.7 Å². The molecule has 26 heavy (non-hydrogen) atoms. The van der Waals surface area contributed by atoms with Crippen molar-refractivity contribution in [2.24, 2.45) is 18.2 Å². The van der Waals surface area contributed by atoms with E-state index in [-0.39, 0.29) is 17.4 Å². The lowest BCUT2D eigenvalue weighted by atomic mass is 9.93. The average molecular weight is 372 g/mol. The molecule has 2 fully saturated rings. The van der Waals surface area contributed by atoms with Gasteiger partial charge >= 0.3 is 0 Å². The van der Waals surface area contributed by atoms with Gasteiger partial charge in [-0.3, -0.25) is 9.59 Å². The van der Waals surface area contributed by atoms with Gasteiger partial charge in [0, 0.05) is 25.8 Å². The summed E-state index contributed by atoms with van der Waals surface area (Å²) in [6.07, 6.45) is 4.93. The number of rotatable bonds is 5. The highest BCUT2D eigenvalue weighted by Crippen LogP contribution is 2.56. The predicted octanol–water partition coefficient (Wildman–Crippen LogP) is 1.97. The number of amides is 2. The Morgan fingerprint density at radius 3 is 2.81 bits per heavy atom. The number of primary amides is 1. The van der Waals surface area contributed by atoms with Crippen LogP contribution in [0.3, 0.4) is 0 Å². The minimum Gasteiger partial charge on any atom is -0.366 e. The molecule has 3 heterocycles. The number of aryl methyl sites for hydroxylation is 1. The van der Waals surface area contributed by atoms with Crippen molar-refractivity contribution >= 4 is 23.2 Å². The van der Waals surface area contributed by atoms with Crippen LogP contribution in [0.2, 0.25) is 0 Å². The van der Waals surface area contributed by atoms with Crippen LogP contribution in [-0.4, -0.2) is 40.4 Å². The monoisotopic (exact) mass is 372 g/mol. The molecule has 3 N–H and O–H groups in total. The quantitative estimate of drug-likeness (QED) is 0.842. The van der Waals surface area contributed by atoms with E-state index in [1.54, 1.807) is 35.2 Å². The average Bonchev–Trinajstić information content (AvgIpc) is 3.00. The lowest BCUT2D eigenvalue weighted by Gasteiger charge is -2.29. The number of hydrogen-bond acceptors (Lipinski definition) is 4. The maximum Gasteiger partial charge on any atom is 0.271 e. The number of carbonyl (C=O) groups is 2. The number of piperidine rings is 1. The van der Waals surface area contributed by atoms with Crippen molar-refractivity contribution in [3.8, 4) is 0 Å². The van der Waals surface area contributed by atoms with E-state index in [0.29, 0.717) is 17.8 Å². The lowest BCUT2D eigenvalue weighted by Crippen LogP contribution is -2.39. The molecule has 0 radical (unpaired) electrons. The SMILES string of the molecule is Cn1cc(C(N)=O)cc1C(=O)N(Cc1ccsc1)C1CC12CCNCC2. The number of carbonyl (C=O) groups excluding carboxylic acids is 2. The zero-order valence-corrected chi connectivity index (χ0v) is 15.7. The molecule has 4 rings (SSSR count). The highest BCUT2D eigenvalue weighted by molar-refractivity contribution is 7.07. The summed E-state index contributed by atoms with van der Waals surface area (Å²) in [6, 6.07) is 3.95. The second-order valence-electron chi connectivity index (χ2n) is 7.49. The Balaban J connectivity index is 1.62. The minimum atomic E-state index is -0.509. The summed E-state index contributed by atoms with van der Waals surface area (Å²) in [7, 11) is 1.79. The fourth-order valence-corrected chi connectivity index (χ4v) is 4.85. The first-order valence-corrected chi connectivity index (χ1v) is 9.93. The molecule has 1 aliphatic carbocycles. The standard InChI is InChI=1S/C19H24N4O2S/c1-22-11-14(17(20)24)8-15(22)18(25)23(10-13-2-7-26-12-13)16-9-19(16)3-5-21-6-4-19/h2,7-8,11-12,16,21H,3-6,9-10H2,1H3,(H2,20,24). The van der Waals surface area contributed by atoms with Gasteiger partial charge in [-0.1, -0.05) is 0 Å². The molecule has 2 aromatic heterocycles. The predicted molar refractivity (Wildman–Crippen MR) is 101 cm³/mol. The molecule has 1 atom stereocenters. The largest absolute Gasteiger partial charge is 0.366 e. The van der Waals surface area contributed by atoms with Crippen molar-refractivity contribution in [1.29, 1.82) is 0 Å². The Hall–Kier alpha value is -2.12. The molecule has 2 amide bonds. The van der Waals surface area contributed by atoms with Gasteiger partial charge in [0.1, 0.15) is 5.69 Å². The van der Waals surface area contributed by atoms with Crippen molar-refractivity contribution in [2.75, 3.05) is 13.1 Å². The number of hydrogen-bond donors (Lipinski definition) is 2. The van der Waals surface area contributed by atoms with Crippen LogP contribution in [0.15, 0.2) is 29.1 Å². The molecule has 1 unspecified atom stereocenters. The van der Waals surface area contributed by atoms with E-state index in [9.17, 15) is 9.59 Å². The van der Waals surface area contributed by atoms with E-state index in [1.807, 2.05) is 10.3 Å². The Kier molecular flexibility index (Phi) is 4.36. The van der Waals surface area contributed by atoms with Gasteiger partial charge in [-0.15, -0.1) is 0 Å². The molecule has 1 spiro atoms. The number of nitrogens with one attached hydrogen (secondary N) is 1. The molecule has 7 heteroatoms. The molecule has 1 aliphatic heterocycles. The van der Waals surface area contributed by atoms with Crippen LogP contribution in [-0.2, 0) is 13.6 Å². The number of thiophene rings is 1. The molecule has 0 aromatic carbocycles. The summed E-state index contributed by atoms with van der Waals surface area (Å²) in [5.74, 6) is -0.531. The van der Waals surface area contributed by atoms with Gasteiger partial charge in [-0.25, -0.2) is 0 Å². The number of nitrogens with two attached hydrogens (primary N) is 1. The fraction of sp³-hybridized carbons (Fsp3) is 0.474. The summed E-state index contributed by atoms with van der Waals surface area (Å²) in [5.41, 5.74) is 7.69. The van der Waals surface area contributed by atoms with Gasteiger partial charge in [0.15, 0.2) is 0 Å². The molecule has 1 saturated carbocycles. The highest BCUT2D eigenvalue weighted by atomic mass is 32.1. The summed E-state index contributed by atoms with van der Waals surface area (Å²) in [6.45, 7) is 2.65. The summed E-state index contributed by atoms with van der Waals surface area (Å²) >= 11 is 1.65. The number of nitrogens with zero attached hydrogens (tertiary/aromatic N) is 2. The van der Waals surface area contributed by atoms with Crippen LogP contribution < -0.4 is 11.1 Å². The third-order valence-corrected chi connectivity index (χ3v) is 6.56. The van der Waals surface area contributed by atoms with Crippen LogP contribution in [0, 0.1) is 5.41 Å². The molecular formula is C19H24N4O2S. The zero-order chi connectivity index (χ0) is 18.3. The summed E-state index contributed by atoms with van der Waals surface area (Å²) in [4.78, 5) is 26.9. The summed E-state index contributed by atoms with van der Waals surface area (Å²) < 4.78 is 1.71. The van der Waals surface area contributed by atoms with Crippen LogP contribution in [0.25, 0.3) is 0 Å². The molecule has 2 aliphatic rings. The van der Waals surface area contributed by atoms with Crippen LogP contribution >= 0.6 is 11.3 Å². The first kappa shape index (κ1) is 17.3. The van der Waals surface area contributed by atoms with E-state index < -0.39 is 5.91 Å². The topological polar surface area (TPSA) is 80.4 Å². The first-order chi connectivity index (χ1) is 12.5. The van der Waals surface area contributed by atoms with Gasteiger partial charge < -0.3 is 20.5 Å². The van der Waals surface area contributed by atoms with Crippen molar-refractivity contribution in [3.05, 3.63) is 45.9 Å². The van der Waals surface area contributed by atoms with Gasteiger partial charge in [0.25, 0.3) is 5.91 Å². The smallest absolute Gasteiger partial charge is 0.271 e. The normalized spacial score (nSPS) is 20.9.